The highest BCUT2D eigenvalue weighted by molar-refractivity contribution is 5.74. The first kappa shape index (κ1) is 13.5. The van der Waals surface area contributed by atoms with Crippen LogP contribution in [0.3, 0.4) is 0 Å². The number of benzene rings is 3. The van der Waals surface area contributed by atoms with Gasteiger partial charge in [0.1, 0.15) is 5.52 Å². The first-order valence-corrected chi connectivity index (χ1v) is 7.98. The molecule has 1 atom stereocenters. The van der Waals surface area contributed by atoms with Crippen molar-refractivity contribution in [2.45, 2.75) is 11.8 Å². The van der Waals surface area contributed by atoms with E-state index < -0.39 is 5.60 Å². The number of para-hydroxylation sites is 1. The topological polar surface area (TPSA) is 43.2 Å². The zero-order valence-electron chi connectivity index (χ0n) is 12.9. The van der Waals surface area contributed by atoms with Crippen LogP contribution in [0.15, 0.2) is 84.9 Å². The number of epoxide rings is 1. The van der Waals surface area contributed by atoms with Crippen molar-refractivity contribution < 1.29 is 4.74 Å². The largest absolute Gasteiger partial charge is 0.332 e. The van der Waals surface area contributed by atoms with Crippen LogP contribution in [0.1, 0.15) is 17.4 Å². The summed E-state index contributed by atoms with van der Waals surface area (Å²) in [6.45, 7) is 0. The Hall–Kier alpha value is -2.98. The second-order valence-corrected chi connectivity index (χ2v) is 5.96. The average molecular weight is 313 g/mol. The zero-order chi connectivity index (χ0) is 16.0. The second kappa shape index (κ2) is 5.01. The molecule has 2 heterocycles. The lowest BCUT2D eigenvalue weighted by Crippen LogP contribution is -2.15. The predicted molar refractivity (Wildman–Crippen MR) is 91.3 cm³/mol. The van der Waals surface area contributed by atoms with Gasteiger partial charge in [0, 0.05) is 0 Å². The van der Waals surface area contributed by atoms with E-state index in [9.17, 15) is 0 Å². The molecule has 0 N–H and O–H groups in total. The van der Waals surface area contributed by atoms with E-state index >= 15 is 0 Å². The number of fused-ring (bicyclic) bond motifs is 1. The van der Waals surface area contributed by atoms with Crippen LogP contribution in [-0.2, 0) is 10.3 Å². The maximum absolute atomic E-state index is 6.29. The van der Waals surface area contributed by atoms with Crippen molar-refractivity contribution in [2.24, 2.45) is 0 Å². The summed E-state index contributed by atoms with van der Waals surface area (Å²) in [6, 6.07) is 28.6. The van der Waals surface area contributed by atoms with E-state index in [1.54, 1.807) is 0 Å². The zero-order valence-corrected chi connectivity index (χ0v) is 12.9. The Morgan fingerprint density at radius 3 is 2.00 bits per heavy atom. The van der Waals surface area contributed by atoms with Crippen LogP contribution in [0.4, 0.5) is 0 Å². The number of hydrogen-bond donors (Lipinski definition) is 0. The van der Waals surface area contributed by atoms with Crippen molar-refractivity contribution >= 4 is 11.0 Å². The predicted octanol–water partition coefficient (Wildman–Crippen LogP) is 3.90. The number of nitrogens with zero attached hydrogens (tertiary/aromatic N) is 3. The summed E-state index contributed by atoms with van der Waals surface area (Å²) in [4.78, 5) is 0. The van der Waals surface area contributed by atoms with Gasteiger partial charge in [0.15, 0.2) is 11.8 Å². The van der Waals surface area contributed by atoms with Gasteiger partial charge in [-0.2, -0.15) is 0 Å². The van der Waals surface area contributed by atoms with E-state index in [2.05, 4.69) is 34.6 Å². The Kier molecular flexibility index (Phi) is 2.81. The van der Waals surface area contributed by atoms with Crippen LogP contribution in [0.2, 0.25) is 0 Å². The standard InChI is InChI=1S/C20H15N3O/c1-3-9-15(10-4-1)20(16-11-5-2-6-12-16)19(24-20)23-18-14-8-7-13-17(18)21-22-23/h1-14,19H. The summed E-state index contributed by atoms with van der Waals surface area (Å²) in [5, 5.41) is 8.61. The minimum atomic E-state index is -0.515. The van der Waals surface area contributed by atoms with Gasteiger partial charge < -0.3 is 4.74 Å². The van der Waals surface area contributed by atoms with Gasteiger partial charge in [0.2, 0.25) is 0 Å². The van der Waals surface area contributed by atoms with Gasteiger partial charge in [-0.3, -0.25) is 0 Å². The molecule has 0 saturated carbocycles. The van der Waals surface area contributed by atoms with Gasteiger partial charge in [0.05, 0.1) is 5.52 Å². The summed E-state index contributed by atoms with van der Waals surface area (Å²) >= 11 is 0. The molecule has 1 unspecified atom stereocenters. The van der Waals surface area contributed by atoms with Crippen molar-refractivity contribution in [3.8, 4) is 0 Å². The molecule has 0 radical (unpaired) electrons. The highest BCUT2D eigenvalue weighted by Gasteiger charge is 2.61. The van der Waals surface area contributed by atoms with Crippen molar-refractivity contribution in [3.63, 3.8) is 0 Å². The Labute approximate surface area is 139 Å². The molecule has 0 spiro atoms. The van der Waals surface area contributed by atoms with Gasteiger partial charge in [-0.05, 0) is 23.3 Å². The lowest BCUT2D eigenvalue weighted by molar-refractivity contribution is 0.296. The van der Waals surface area contributed by atoms with Crippen LogP contribution in [-0.4, -0.2) is 15.0 Å². The molecule has 4 aromatic rings. The Bertz CT molecular complexity index is 956. The van der Waals surface area contributed by atoms with Crippen LogP contribution >= 0.6 is 0 Å². The number of aromatic nitrogens is 3. The van der Waals surface area contributed by atoms with Crippen molar-refractivity contribution in [1.29, 1.82) is 0 Å². The van der Waals surface area contributed by atoms with E-state index in [-0.39, 0.29) is 6.23 Å². The van der Waals surface area contributed by atoms with Crippen molar-refractivity contribution in [2.75, 3.05) is 0 Å². The first-order chi connectivity index (χ1) is 11.9. The fraction of sp³-hybridized carbons (Fsp3) is 0.100. The highest BCUT2D eigenvalue weighted by Crippen LogP contribution is 2.58. The molecule has 0 amide bonds. The smallest absolute Gasteiger partial charge is 0.191 e. The van der Waals surface area contributed by atoms with Gasteiger partial charge in [-0.15, -0.1) is 5.10 Å². The normalized spacial score (nSPS) is 18.6. The van der Waals surface area contributed by atoms with Crippen LogP contribution < -0.4 is 0 Å². The molecule has 4 heteroatoms. The molecule has 24 heavy (non-hydrogen) atoms. The van der Waals surface area contributed by atoms with Gasteiger partial charge in [-0.1, -0.05) is 78.0 Å². The highest BCUT2D eigenvalue weighted by atomic mass is 16.6. The molecular formula is C20H15N3O. The van der Waals surface area contributed by atoms with E-state index in [1.165, 1.54) is 0 Å². The summed E-state index contributed by atoms with van der Waals surface area (Å²) in [5.41, 5.74) is 3.60. The molecule has 1 fully saturated rings. The van der Waals surface area contributed by atoms with Crippen molar-refractivity contribution in [1.82, 2.24) is 15.0 Å². The Morgan fingerprint density at radius 1 is 0.750 bits per heavy atom. The Balaban J connectivity index is 1.68. The molecule has 3 aromatic carbocycles. The summed E-state index contributed by atoms with van der Waals surface area (Å²) < 4.78 is 8.17. The van der Waals surface area contributed by atoms with E-state index in [1.807, 2.05) is 65.3 Å². The molecule has 0 aliphatic carbocycles. The van der Waals surface area contributed by atoms with Crippen LogP contribution in [0.25, 0.3) is 11.0 Å². The molecule has 1 aliphatic heterocycles. The van der Waals surface area contributed by atoms with Gasteiger partial charge in [0.25, 0.3) is 0 Å². The van der Waals surface area contributed by atoms with Crippen molar-refractivity contribution in [3.05, 3.63) is 96.1 Å². The third-order valence-corrected chi connectivity index (χ3v) is 4.59. The van der Waals surface area contributed by atoms with Gasteiger partial charge >= 0.3 is 0 Å². The molecular weight excluding hydrogens is 298 g/mol. The van der Waals surface area contributed by atoms with E-state index in [0.717, 1.165) is 22.2 Å². The summed E-state index contributed by atoms with van der Waals surface area (Å²) in [5.74, 6) is 0. The fourth-order valence-electron chi connectivity index (χ4n) is 3.38. The molecule has 1 saturated heterocycles. The third kappa shape index (κ3) is 1.83. The summed E-state index contributed by atoms with van der Waals surface area (Å²) in [6.07, 6.45) is -0.199. The maximum atomic E-state index is 6.29. The minimum absolute atomic E-state index is 0.199. The number of hydrogen-bond acceptors (Lipinski definition) is 3. The fourth-order valence-corrected chi connectivity index (χ4v) is 3.38. The molecule has 1 aliphatic rings. The lowest BCUT2D eigenvalue weighted by Gasteiger charge is -2.14. The first-order valence-electron chi connectivity index (χ1n) is 7.98. The average Bonchev–Trinajstić information content (AvgIpc) is 3.28. The minimum Gasteiger partial charge on any atom is -0.332 e. The molecule has 116 valence electrons. The van der Waals surface area contributed by atoms with Crippen LogP contribution in [0, 0.1) is 0 Å². The maximum Gasteiger partial charge on any atom is 0.191 e. The molecule has 1 aromatic heterocycles. The lowest BCUT2D eigenvalue weighted by atomic mass is 9.90. The molecule has 4 nitrogen and oxygen atoms in total. The second-order valence-electron chi connectivity index (χ2n) is 5.96. The van der Waals surface area contributed by atoms with Gasteiger partial charge in [-0.25, -0.2) is 4.68 Å². The SMILES string of the molecule is c1ccc(C2(c3ccccc3)OC2n2nnc3ccccc32)cc1. The number of rotatable bonds is 3. The molecule has 0 bridgehead atoms. The van der Waals surface area contributed by atoms with E-state index in [0.29, 0.717) is 0 Å². The Morgan fingerprint density at radius 2 is 1.33 bits per heavy atom. The summed E-state index contributed by atoms with van der Waals surface area (Å²) in [7, 11) is 0. The van der Waals surface area contributed by atoms with E-state index in [4.69, 9.17) is 4.74 Å². The quantitative estimate of drug-likeness (QED) is 0.539. The monoisotopic (exact) mass is 313 g/mol. The third-order valence-electron chi connectivity index (χ3n) is 4.59. The number of ether oxygens (including phenoxy) is 1. The van der Waals surface area contributed by atoms with Crippen LogP contribution in [0.5, 0.6) is 0 Å². The molecule has 5 rings (SSSR count).